The summed E-state index contributed by atoms with van der Waals surface area (Å²) in [4.78, 5) is 49.7. The second-order valence-electron chi connectivity index (χ2n) is 12.7. The number of carbonyl (C=O) groups excluding carboxylic acids is 2. The Morgan fingerprint density at radius 1 is 0.739 bits per heavy atom. The van der Waals surface area contributed by atoms with Crippen LogP contribution >= 0.6 is 0 Å². The van der Waals surface area contributed by atoms with Crippen LogP contribution in [0, 0.1) is 13.8 Å². The van der Waals surface area contributed by atoms with E-state index < -0.39 is 29.0 Å². The van der Waals surface area contributed by atoms with E-state index in [4.69, 9.17) is 29.1 Å². The smallest absolute Gasteiger partial charge is 0.424 e. The normalized spacial score (nSPS) is 11.6. The van der Waals surface area contributed by atoms with Gasteiger partial charge in [0, 0.05) is 41.8 Å². The zero-order valence-corrected chi connectivity index (χ0v) is 27.5. The van der Waals surface area contributed by atoms with E-state index in [1.807, 2.05) is 6.92 Å². The number of hydrogen-bond acceptors (Lipinski definition) is 11. The average Bonchev–Trinajstić information content (AvgIpc) is 2.89. The lowest BCUT2D eigenvalue weighted by molar-refractivity contribution is 0.0430. The monoisotopic (exact) mass is 638 g/mol. The number of amides is 2. The van der Waals surface area contributed by atoms with E-state index in [1.54, 1.807) is 60.6 Å². The molecule has 4 N–H and O–H groups in total. The minimum Gasteiger partial charge on any atom is -0.443 e. The number of aliphatic hydroxyl groups excluding tert-OH is 2. The van der Waals surface area contributed by atoms with Crippen LogP contribution in [0.25, 0.3) is 21.9 Å². The Labute approximate surface area is 266 Å². The third-order valence-corrected chi connectivity index (χ3v) is 6.56. The minimum absolute atomic E-state index is 0.0158. The molecule has 12 heteroatoms. The van der Waals surface area contributed by atoms with Gasteiger partial charge in [-0.2, -0.15) is 4.90 Å². The van der Waals surface area contributed by atoms with E-state index in [1.165, 1.54) is 24.3 Å². The first-order valence-electron chi connectivity index (χ1n) is 14.7. The predicted molar refractivity (Wildman–Crippen MR) is 175 cm³/mol. The van der Waals surface area contributed by atoms with E-state index in [9.17, 15) is 24.3 Å². The Hall–Kier alpha value is -4.68. The SMILES string of the molecule is Cc1cc(=O)oc2ccc(N(C(=O)OC(C)(C)C)C(=O)OC(C)(C)C)c(CCO)c12.Cc1cc(=O)oc2ccc(N)c(CCO)c12. The van der Waals surface area contributed by atoms with E-state index >= 15 is 0 Å². The summed E-state index contributed by atoms with van der Waals surface area (Å²) in [6, 6.07) is 9.10. The van der Waals surface area contributed by atoms with Gasteiger partial charge in [-0.15, -0.1) is 0 Å². The summed E-state index contributed by atoms with van der Waals surface area (Å²) in [7, 11) is 0. The van der Waals surface area contributed by atoms with Gasteiger partial charge in [-0.1, -0.05) is 0 Å². The average molecular weight is 639 g/mol. The highest BCUT2D eigenvalue weighted by molar-refractivity contribution is 6.11. The van der Waals surface area contributed by atoms with Gasteiger partial charge in [-0.25, -0.2) is 19.2 Å². The van der Waals surface area contributed by atoms with Crippen molar-refractivity contribution >= 4 is 45.5 Å². The number of carbonyl (C=O) groups is 2. The van der Waals surface area contributed by atoms with Crippen LogP contribution in [0.3, 0.4) is 0 Å². The summed E-state index contributed by atoms with van der Waals surface area (Å²) >= 11 is 0. The highest BCUT2D eigenvalue weighted by atomic mass is 16.6. The zero-order valence-electron chi connectivity index (χ0n) is 27.5. The Bertz CT molecular complexity index is 1830. The number of fused-ring (bicyclic) bond motifs is 2. The number of hydrogen-bond donors (Lipinski definition) is 3. The van der Waals surface area contributed by atoms with Gasteiger partial charge in [0.15, 0.2) is 0 Å². The maximum absolute atomic E-state index is 13.0. The number of benzene rings is 2. The molecule has 2 aromatic heterocycles. The predicted octanol–water partition coefficient (Wildman–Crippen LogP) is 5.53. The molecule has 12 nitrogen and oxygen atoms in total. The summed E-state index contributed by atoms with van der Waals surface area (Å²) in [5.74, 6) is 0. The first kappa shape index (κ1) is 35.8. The summed E-state index contributed by atoms with van der Waals surface area (Å²) in [5, 5.41) is 20.0. The van der Waals surface area contributed by atoms with Gasteiger partial charge >= 0.3 is 23.4 Å². The molecule has 0 saturated heterocycles. The van der Waals surface area contributed by atoms with Crippen LogP contribution in [-0.4, -0.2) is 46.8 Å². The molecule has 248 valence electrons. The van der Waals surface area contributed by atoms with Gasteiger partial charge < -0.3 is 34.3 Å². The number of ether oxygens (including phenoxy) is 2. The van der Waals surface area contributed by atoms with Gasteiger partial charge in [0.2, 0.25) is 0 Å². The van der Waals surface area contributed by atoms with E-state index in [0.717, 1.165) is 21.4 Å². The Morgan fingerprint density at radius 3 is 1.59 bits per heavy atom. The van der Waals surface area contributed by atoms with Crippen molar-refractivity contribution < 1.29 is 38.1 Å². The number of aliphatic hydroxyl groups is 2. The van der Waals surface area contributed by atoms with Crippen LogP contribution in [0.15, 0.2) is 54.8 Å². The van der Waals surface area contributed by atoms with Crippen molar-refractivity contribution in [2.24, 2.45) is 0 Å². The molecule has 0 fully saturated rings. The second kappa shape index (κ2) is 14.2. The lowest BCUT2D eigenvalue weighted by Gasteiger charge is -2.30. The molecule has 0 saturated carbocycles. The van der Waals surface area contributed by atoms with Gasteiger partial charge in [0.25, 0.3) is 0 Å². The third kappa shape index (κ3) is 8.73. The van der Waals surface area contributed by atoms with Crippen molar-refractivity contribution in [1.82, 2.24) is 0 Å². The van der Waals surface area contributed by atoms with Crippen LogP contribution in [-0.2, 0) is 22.3 Å². The molecule has 2 amide bonds. The molecular weight excluding hydrogens is 596 g/mol. The maximum atomic E-state index is 13.0. The van der Waals surface area contributed by atoms with E-state index in [0.29, 0.717) is 39.8 Å². The third-order valence-electron chi connectivity index (χ3n) is 6.56. The number of nitrogens with two attached hydrogens (primary N) is 1. The van der Waals surface area contributed by atoms with E-state index in [-0.39, 0.29) is 30.9 Å². The topological polar surface area (TPSA) is 183 Å². The molecule has 0 spiro atoms. The Morgan fingerprint density at radius 2 is 1.15 bits per heavy atom. The Balaban J connectivity index is 0.000000300. The lowest BCUT2D eigenvalue weighted by atomic mass is 10.00. The molecule has 46 heavy (non-hydrogen) atoms. The standard InChI is InChI=1S/C22H29NO7.C12H13NO3/c1-13-12-17(25)28-16-9-8-15(14(10-11-24)18(13)16)23(19(26)29-21(2,3)4)20(27)30-22(5,6)7;1-7-6-11(15)16-10-3-2-9(13)8(4-5-14)12(7)10/h8-9,12,24H,10-11H2,1-7H3;2-3,6,14H,4-5,13H2,1H3. The molecule has 4 aromatic rings. The fraction of sp³-hybridized carbons (Fsp3) is 0.412. The molecule has 0 unspecified atom stereocenters. The van der Waals surface area contributed by atoms with Crippen LogP contribution in [0.5, 0.6) is 0 Å². The summed E-state index contributed by atoms with van der Waals surface area (Å²) < 4.78 is 21.2. The summed E-state index contributed by atoms with van der Waals surface area (Å²) in [6.07, 6.45) is -1.25. The van der Waals surface area contributed by atoms with E-state index in [2.05, 4.69) is 0 Å². The summed E-state index contributed by atoms with van der Waals surface area (Å²) in [5.41, 5.74) is 7.59. The van der Waals surface area contributed by atoms with Crippen molar-refractivity contribution in [2.75, 3.05) is 23.8 Å². The van der Waals surface area contributed by atoms with Crippen LogP contribution in [0.2, 0.25) is 0 Å². The number of anilines is 2. The van der Waals surface area contributed by atoms with Crippen LogP contribution < -0.4 is 21.9 Å². The highest BCUT2D eigenvalue weighted by Crippen LogP contribution is 2.33. The molecule has 0 aliphatic rings. The van der Waals surface area contributed by atoms with Crippen LogP contribution in [0.4, 0.5) is 21.0 Å². The van der Waals surface area contributed by atoms with Gasteiger partial charge in [0.05, 0.1) is 5.69 Å². The molecule has 4 rings (SSSR count). The number of aryl methyl sites for hydroxylation is 2. The molecule has 0 atom stereocenters. The molecule has 2 aromatic carbocycles. The lowest BCUT2D eigenvalue weighted by Crippen LogP contribution is -2.44. The second-order valence-corrected chi connectivity index (χ2v) is 12.7. The van der Waals surface area contributed by atoms with Crippen LogP contribution in [0.1, 0.15) is 63.8 Å². The number of nitrogens with zero attached hydrogens (tertiary/aromatic N) is 1. The number of rotatable bonds is 5. The minimum atomic E-state index is -0.912. The molecular formula is C34H42N2O10. The largest absolute Gasteiger partial charge is 0.443 e. The first-order valence-corrected chi connectivity index (χ1v) is 14.7. The first-order chi connectivity index (χ1) is 21.4. The fourth-order valence-corrected chi connectivity index (χ4v) is 4.91. The molecule has 2 heterocycles. The maximum Gasteiger partial charge on any atom is 0.424 e. The fourth-order valence-electron chi connectivity index (χ4n) is 4.91. The number of imide groups is 1. The molecule has 0 bridgehead atoms. The summed E-state index contributed by atoms with van der Waals surface area (Å²) in [6.45, 7) is 13.4. The van der Waals surface area contributed by atoms with Crippen molar-refractivity contribution in [3.63, 3.8) is 0 Å². The quantitative estimate of drug-likeness (QED) is 0.184. The Kier molecular flexibility index (Phi) is 11.0. The van der Waals surface area contributed by atoms with Crippen molar-refractivity contribution in [1.29, 1.82) is 0 Å². The van der Waals surface area contributed by atoms with Gasteiger partial charge in [-0.3, -0.25) is 0 Å². The highest BCUT2D eigenvalue weighted by Gasteiger charge is 2.34. The number of nitrogen functional groups attached to an aromatic ring is 1. The van der Waals surface area contributed by atoms with Gasteiger partial charge in [0.1, 0.15) is 22.4 Å². The van der Waals surface area contributed by atoms with Crippen molar-refractivity contribution in [3.05, 3.63) is 79.5 Å². The molecule has 0 radical (unpaired) electrons. The molecule has 0 aliphatic heterocycles. The van der Waals surface area contributed by atoms with Crippen molar-refractivity contribution in [2.45, 2.75) is 79.4 Å². The van der Waals surface area contributed by atoms with Crippen molar-refractivity contribution in [3.8, 4) is 0 Å². The van der Waals surface area contributed by atoms with Gasteiger partial charge in [-0.05, 0) is 115 Å². The zero-order chi connectivity index (χ0) is 34.6. The molecule has 0 aliphatic carbocycles.